The molecular weight excluding hydrogens is 705 g/mol. The number of nitrogens with two attached hydrogens (primary N) is 1. The summed E-state index contributed by atoms with van der Waals surface area (Å²) in [5, 5.41) is 13.7. The molecule has 0 aliphatic heterocycles. The van der Waals surface area contributed by atoms with Crippen LogP contribution in [0.4, 0.5) is 30.7 Å². The lowest BCUT2D eigenvalue weighted by Gasteiger charge is -2.21. The van der Waals surface area contributed by atoms with Gasteiger partial charge in [-0.3, -0.25) is 14.3 Å². The van der Waals surface area contributed by atoms with Crippen LogP contribution in [-0.2, 0) is 29.9 Å². The monoisotopic (exact) mass is 732 g/mol. The summed E-state index contributed by atoms with van der Waals surface area (Å²) in [6.07, 6.45) is -5.99. The maximum absolute atomic E-state index is 15.2. The second-order valence-electron chi connectivity index (χ2n) is 13.3. The number of rotatable bonds is 9. The van der Waals surface area contributed by atoms with Crippen molar-refractivity contribution in [1.29, 1.82) is 0 Å². The predicted molar refractivity (Wildman–Crippen MR) is 171 cm³/mol. The summed E-state index contributed by atoms with van der Waals surface area (Å²) in [6, 6.07) is 9.99. The summed E-state index contributed by atoms with van der Waals surface area (Å²) >= 11 is 6.17. The van der Waals surface area contributed by atoms with E-state index in [0.29, 0.717) is 21.9 Å². The molecule has 51 heavy (non-hydrogen) atoms. The van der Waals surface area contributed by atoms with Crippen molar-refractivity contribution in [2.45, 2.75) is 69.2 Å². The van der Waals surface area contributed by atoms with Gasteiger partial charge >= 0.3 is 6.18 Å². The number of hydrogen-bond acceptors (Lipinski definition) is 5. The van der Waals surface area contributed by atoms with Crippen LogP contribution >= 0.6 is 11.6 Å². The van der Waals surface area contributed by atoms with E-state index in [4.69, 9.17) is 17.3 Å². The van der Waals surface area contributed by atoms with Crippen molar-refractivity contribution in [1.82, 2.24) is 14.8 Å². The Balaban J connectivity index is 1.46. The molecule has 6 rings (SSSR count). The molecule has 2 aromatic carbocycles. The van der Waals surface area contributed by atoms with Crippen molar-refractivity contribution < 1.29 is 45.4 Å². The van der Waals surface area contributed by atoms with Gasteiger partial charge in [0.1, 0.15) is 35.2 Å². The number of benzene rings is 2. The minimum Gasteiger partial charge on any atom is -0.378 e. The van der Waals surface area contributed by atoms with Crippen molar-refractivity contribution in [3.63, 3.8) is 0 Å². The van der Waals surface area contributed by atoms with E-state index in [0.717, 1.165) is 12.1 Å². The van der Waals surface area contributed by atoms with Gasteiger partial charge in [0.2, 0.25) is 5.91 Å². The van der Waals surface area contributed by atoms with Gasteiger partial charge in [0.25, 0.3) is 5.92 Å². The minimum absolute atomic E-state index is 0.0369. The SMILES string of the molecule is CC(C)(O)C#Cc1ccc(-c2ccc(Cl)c(C(N)=O)c2)c([C@@H](CC(=O)Cn2nc(C(F)(F)F)c3c2C(F)(F)[C@@H]2C[C@H]32)Cc2cc(F)cc(F)c2)n1. The second-order valence-corrected chi connectivity index (χ2v) is 13.7. The van der Waals surface area contributed by atoms with Crippen LogP contribution in [-0.4, -0.2) is 37.2 Å². The number of nitrogens with zero attached hydrogens (tertiary/aromatic N) is 3. The van der Waals surface area contributed by atoms with Crippen LogP contribution in [0.25, 0.3) is 11.1 Å². The van der Waals surface area contributed by atoms with Gasteiger partial charge in [-0.25, -0.2) is 13.8 Å². The van der Waals surface area contributed by atoms with Gasteiger partial charge in [-0.1, -0.05) is 23.6 Å². The number of alkyl halides is 5. The van der Waals surface area contributed by atoms with Crippen molar-refractivity contribution in [2.75, 3.05) is 0 Å². The summed E-state index contributed by atoms with van der Waals surface area (Å²) in [5.41, 5.74) is 1.89. The van der Waals surface area contributed by atoms with Crippen LogP contribution in [0.15, 0.2) is 48.5 Å². The molecule has 2 heterocycles. The van der Waals surface area contributed by atoms with Gasteiger partial charge in [0.05, 0.1) is 16.3 Å². The van der Waals surface area contributed by atoms with Gasteiger partial charge < -0.3 is 10.8 Å². The Morgan fingerprint density at radius 3 is 2.41 bits per heavy atom. The molecule has 2 aromatic heterocycles. The van der Waals surface area contributed by atoms with Crippen molar-refractivity contribution >= 4 is 23.3 Å². The molecule has 15 heteroatoms. The second kappa shape index (κ2) is 12.8. The Morgan fingerprint density at radius 2 is 1.78 bits per heavy atom. The topological polar surface area (TPSA) is 111 Å². The average Bonchev–Trinajstić information content (AvgIpc) is 3.67. The van der Waals surface area contributed by atoms with E-state index in [2.05, 4.69) is 21.9 Å². The van der Waals surface area contributed by atoms with E-state index in [9.17, 15) is 36.6 Å². The predicted octanol–water partition coefficient (Wildman–Crippen LogP) is 7.31. The number of carbonyl (C=O) groups is 2. The lowest BCUT2D eigenvalue weighted by atomic mass is 9.86. The third-order valence-electron chi connectivity index (χ3n) is 8.76. The number of hydrogen-bond donors (Lipinski definition) is 2. The van der Waals surface area contributed by atoms with E-state index in [1.54, 1.807) is 0 Å². The lowest BCUT2D eigenvalue weighted by molar-refractivity contribution is -0.142. The summed E-state index contributed by atoms with van der Waals surface area (Å²) in [6.45, 7) is 1.90. The highest BCUT2D eigenvalue weighted by atomic mass is 35.5. The first kappa shape index (κ1) is 36.1. The third-order valence-corrected chi connectivity index (χ3v) is 9.09. The number of pyridine rings is 1. The largest absolute Gasteiger partial charge is 0.435 e. The van der Waals surface area contributed by atoms with Gasteiger partial charge in [-0.2, -0.15) is 27.1 Å². The van der Waals surface area contributed by atoms with Crippen molar-refractivity contribution in [2.24, 2.45) is 11.7 Å². The molecule has 0 bridgehead atoms. The molecule has 4 aromatic rings. The van der Waals surface area contributed by atoms with Gasteiger partial charge in [0.15, 0.2) is 11.5 Å². The van der Waals surface area contributed by atoms with E-state index >= 15 is 8.78 Å². The highest BCUT2D eigenvalue weighted by molar-refractivity contribution is 6.33. The van der Waals surface area contributed by atoms with Crippen LogP contribution in [0.5, 0.6) is 0 Å². The Kier molecular flexibility index (Phi) is 9.04. The average molecular weight is 733 g/mol. The highest BCUT2D eigenvalue weighted by Gasteiger charge is 2.68. The van der Waals surface area contributed by atoms with Crippen LogP contribution in [0.3, 0.4) is 0 Å². The number of halogens is 8. The number of primary amides is 1. The zero-order valence-corrected chi connectivity index (χ0v) is 27.6. The zero-order valence-electron chi connectivity index (χ0n) is 26.9. The molecule has 0 radical (unpaired) electrons. The molecular formula is C36H28ClF7N4O3. The van der Waals surface area contributed by atoms with Gasteiger partial charge in [-0.05, 0) is 86.1 Å². The molecule has 3 N–H and O–H groups in total. The molecule has 2 aliphatic rings. The van der Waals surface area contributed by atoms with Crippen LogP contribution < -0.4 is 5.73 Å². The molecule has 0 spiro atoms. The molecule has 1 saturated carbocycles. The number of aromatic nitrogens is 3. The molecule has 7 nitrogen and oxygen atoms in total. The third kappa shape index (κ3) is 7.36. The van der Waals surface area contributed by atoms with Crippen LogP contribution in [0, 0.1) is 29.4 Å². The summed E-state index contributed by atoms with van der Waals surface area (Å²) in [4.78, 5) is 30.5. The molecule has 1 fully saturated rings. The van der Waals surface area contributed by atoms with Gasteiger partial charge in [0, 0.05) is 35.4 Å². The first-order valence-electron chi connectivity index (χ1n) is 15.6. The molecule has 266 valence electrons. The van der Waals surface area contributed by atoms with Crippen molar-refractivity contribution in [3.05, 3.63) is 105 Å². The Labute approximate surface area is 291 Å². The number of amides is 1. The van der Waals surface area contributed by atoms with Crippen LogP contribution in [0.2, 0.25) is 5.02 Å². The smallest absolute Gasteiger partial charge is 0.378 e. The molecule has 3 atom stereocenters. The van der Waals surface area contributed by atoms with E-state index < -0.39 is 88.7 Å². The maximum atomic E-state index is 15.2. The summed E-state index contributed by atoms with van der Waals surface area (Å²) in [7, 11) is 0. The summed E-state index contributed by atoms with van der Waals surface area (Å²) in [5.74, 6) is -5.27. The normalized spacial score (nSPS) is 18.0. The first-order chi connectivity index (χ1) is 23.7. The van der Waals surface area contributed by atoms with Crippen molar-refractivity contribution in [3.8, 4) is 23.0 Å². The fourth-order valence-electron chi connectivity index (χ4n) is 6.58. The van der Waals surface area contributed by atoms with E-state index in [-0.39, 0.29) is 40.4 Å². The molecule has 2 aliphatic carbocycles. The number of carbonyl (C=O) groups excluding carboxylic acids is 2. The zero-order chi connectivity index (χ0) is 37.2. The fraction of sp³-hybridized carbons (Fsp3) is 0.333. The lowest BCUT2D eigenvalue weighted by Crippen LogP contribution is -2.24. The molecule has 0 unspecified atom stereocenters. The Bertz CT molecular complexity index is 2130. The minimum atomic E-state index is -5.04. The Hall–Kier alpha value is -4.74. The quantitative estimate of drug-likeness (QED) is 0.139. The number of Topliss-reactive ketones (excluding diaryl/α,β-unsaturated/α-hetero) is 1. The maximum Gasteiger partial charge on any atom is 0.435 e. The highest BCUT2D eigenvalue weighted by Crippen LogP contribution is 2.68. The number of fused-ring (bicyclic) bond motifs is 3. The fourth-order valence-corrected chi connectivity index (χ4v) is 6.79. The first-order valence-corrected chi connectivity index (χ1v) is 16.0. The summed E-state index contributed by atoms with van der Waals surface area (Å²) < 4.78 is 101. The number of ketones is 1. The molecule has 1 amide bonds. The van der Waals surface area contributed by atoms with Crippen LogP contribution in [0.1, 0.15) is 82.8 Å². The van der Waals surface area contributed by atoms with Gasteiger partial charge in [-0.15, -0.1) is 0 Å². The molecule has 0 saturated heterocycles. The number of aliphatic hydroxyl groups is 1. The Morgan fingerprint density at radius 1 is 1.10 bits per heavy atom. The standard InChI is InChI=1S/C36H28ClF7N4O3/c1-34(2,51)8-7-22-4-5-24(18-3-6-28(37)26(13-18)33(45)50)30(46-22)19(9-17-10-20(38)14-21(39)11-17)12-23(49)16-48-32-29(31(47-48)36(42,43)44)25-15-27(25)35(32,40)41/h3-6,10-11,13-14,19,25,27,51H,9,12,15-16H2,1-2H3,(H2,45,50)/t19-,25+,27-/m1/s1. The van der Waals surface area contributed by atoms with E-state index in [1.807, 2.05) is 0 Å². The van der Waals surface area contributed by atoms with E-state index in [1.165, 1.54) is 44.2 Å².